The molecule has 0 spiro atoms. The van der Waals surface area contributed by atoms with E-state index < -0.39 is 0 Å². The minimum atomic E-state index is 0.510. The highest BCUT2D eigenvalue weighted by Crippen LogP contribution is 2.58. The minimum Gasteiger partial charge on any atom is -0.385 e. The summed E-state index contributed by atoms with van der Waals surface area (Å²) in [6, 6.07) is 11.2. The van der Waals surface area contributed by atoms with Crippen molar-refractivity contribution in [3.05, 3.63) is 35.9 Å². The summed E-state index contributed by atoms with van der Waals surface area (Å²) in [7, 11) is 1.83. The number of methoxy groups -OCH3 is 1. The van der Waals surface area contributed by atoms with E-state index in [-0.39, 0.29) is 0 Å². The van der Waals surface area contributed by atoms with Gasteiger partial charge in [0.1, 0.15) is 0 Å². The molecule has 1 heteroatoms. The van der Waals surface area contributed by atoms with E-state index in [2.05, 4.69) is 30.3 Å². The molecule has 3 aliphatic carbocycles. The molecule has 0 aliphatic heterocycles. The van der Waals surface area contributed by atoms with Crippen molar-refractivity contribution in [3.8, 4) is 0 Å². The van der Waals surface area contributed by atoms with Gasteiger partial charge in [-0.1, -0.05) is 30.3 Å². The molecule has 3 aliphatic rings. The van der Waals surface area contributed by atoms with Crippen LogP contribution >= 0.6 is 0 Å². The van der Waals surface area contributed by atoms with Crippen LogP contribution in [0, 0.1) is 5.41 Å². The average Bonchev–Trinajstić information content (AvgIpc) is 2.48. The number of benzene rings is 1. The first-order valence-corrected chi connectivity index (χ1v) is 7.33. The molecule has 4 rings (SSSR count). The zero-order chi connectivity index (χ0) is 12.5. The molecular formula is C17H24O. The topological polar surface area (TPSA) is 9.23 Å². The summed E-state index contributed by atoms with van der Waals surface area (Å²) in [5.41, 5.74) is 2.72. The van der Waals surface area contributed by atoms with Crippen molar-refractivity contribution in [2.24, 2.45) is 5.41 Å². The van der Waals surface area contributed by atoms with Gasteiger partial charge in [0.15, 0.2) is 0 Å². The van der Waals surface area contributed by atoms with Gasteiger partial charge in [0.05, 0.1) is 0 Å². The Morgan fingerprint density at radius 3 is 2.11 bits per heavy atom. The highest BCUT2D eigenvalue weighted by atomic mass is 16.5. The summed E-state index contributed by atoms with van der Waals surface area (Å²) in [5.74, 6) is 0. The van der Waals surface area contributed by atoms with E-state index in [9.17, 15) is 0 Å². The molecule has 98 valence electrons. The summed E-state index contributed by atoms with van der Waals surface area (Å²) in [6.45, 7) is 0.943. The minimum absolute atomic E-state index is 0.510. The molecule has 1 aromatic rings. The normalized spacial score (nSPS) is 34.7. The summed E-state index contributed by atoms with van der Waals surface area (Å²) < 4.78 is 5.30. The maximum absolute atomic E-state index is 5.30. The van der Waals surface area contributed by atoms with E-state index in [1.807, 2.05) is 7.11 Å². The van der Waals surface area contributed by atoms with Gasteiger partial charge in [-0.3, -0.25) is 0 Å². The van der Waals surface area contributed by atoms with Crippen molar-refractivity contribution in [3.63, 3.8) is 0 Å². The second kappa shape index (κ2) is 4.70. The van der Waals surface area contributed by atoms with E-state index in [4.69, 9.17) is 4.74 Å². The fourth-order valence-electron chi connectivity index (χ4n) is 4.18. The number of fused-ring (bicyclic) bond motifs is 3. The molecule has 1 nitrogen and oxygen atoms in total. The molecule has 2 bridgehead atoms. The lowest BCUT2D eigenvalue weighted by Gasteiger charge is -2.54. The van der Waals surface area contributed by atoms with Crippen molar-refractivity contribution in [1.82, 2.24) is 0 Å². The molecule has 0 unspecified atom stereocenters. The monoisotopic (exact) mass is 244 g/mol. The van der Waals surface area contributed by atoms with Crippen molar-refractivity contribution in [2.45, 2.75) is 50.4 Å². The van der Waals surface area contributed by atoms with E-state index in [0.29, 0.717) is 10.8 Å². The molecule has 0 atom stereocenters. The number of hydrogen-bond donors (Lipinski definition) is 0. The molecule has 0 radical (unpaired) electrons. The van der Waals surface area contributed by atoms with Gasteiger partial charge in [-0.05, 0) is 61.3 Å². The Kier molecular flexibility index (Phi) is 3.19. The molecule has 0 N–H and O–H groups in total. The van der Waals surface area contributed by atoms with Gasteiger partial charge in [0.2, 0.25) is 0 Å². The quantitative estimate of drug-likeness (QED) is 0.766. The van der Waals surface area contributed by atoms with Crippen molar-refractivity contribution >= 4 is 0 Å². The SMILES string of the molecule is COCCC12CCC(c3ccccc3)(CC1)CC2. The molecule has 0 heterocycles. The molecule has 1 aromatic carbocycles. The fourth-order valence-corrected chi connectivity index (χ4v) is 4.18. The predicted octanol–water partition coefficient (Wildman–Crippen LogP) is 4.32. The third-order valence-electron chi connectivity index (χ3n) is 5.62. The van der Waals surface area contributed by atoms with Gasteiger partial charge in [-0.2, -0.15) is 0 Å². The molecule has 3 fully saturated rings. The van der Waals surface area contributed by atoms with E-state index in [0.717, 1.165) is 6.61 Å². The lowest BCUT2D eigenvalue weighted by Crippen LogP contribution is -2.44. The van der Waals surface area contributed by atoms with Crippen LogP contribution in [0.5, 0.6) is 0 Å². The smallest absolute Gasteiger partial charge is 0.0467 e. The fraction of sp³-hybridized carbons (Fsp3) is 0.647. The van der Waals surface area contributed by atoms with Crippen LogP contribution in [-0.2, 0) is 10.2 Å². The Hall–Kier alpha value is -0.820. The first-order chi connectivity index (χ1) is 8.79. The summed E-state index contributed by atoms with van der Waals surface area (Å²) >= 11 is 0. The van der Waals surface area contributed by atoms with Crippen LogP contribution < -0.4 is 0 Å². The molecule has 0 amide bonds. The number of ether oxygens (including phenoxy) is 1. The molecular weight excluding hydrogens is 220 g/mol. The lowest BCUT2D eigenvalue weighted by molar-refractivity contribution is 0.0126. The third-order valence-corrected chi connectivity index (χ3v) is 5.62. The second-order valence-electron chi connectivity index (χ2n) is 6.39. The zero-order valence-electron chi connectivity index (χ0n) is 11.5. The summed E-state index contributed by atoms with van der Waals surface area (Å²) in [4.78, 5) is 0. The maximum atomic E-state index is 5.30. The first kappa shape index (κ1) is 12.2. The predicted molar refractivity (Wildman–Crippen MR) is 74.7 cm³/mol. The maximum Gasteiger partial charge on any atom is 0.0467 e. The molecule has 0 aromatic heterocycles. The summed E-state index contributed by atoms with van der Waals surface area (Å²) in [5, 5.41) is 0. The summed E-state index contributed by atoms with van der Waals surface area (Å²) in [6.07, 6.45) is 9.66. The highest BCUT2D eigenvalue weighted by molar-refractivity contribution is 5.28. The molecule has 0 saturated heterocycles. The van der Waals surface area contributed by atoms with Gasteiger partial charge in [-0.15, -0.1) is 0 Å². The second-order valence-corrected chi connectivity index (χ2v) is 6.39. The van der Waals surface area contributed by atoms with Crippen LogP contribution in [0.1, 0.15) is 50.5 Å². The standard InChI is InChI=1S/C17H24O/c1-18-14-13-16-7-10-17(11-8-16,12-9-16)15-5-3-2-4-6-15/h2-6H,7-14H2,1H3. The van der Waals surface area contributed by atoms with Crippen LogP contribution in [0.3, 0.4) is 0 Å². The third kappa shape index (κ3) is 1.99. The van der Waals surface area contributed by atoms with Crippen molar-refractivity contribution < 1.29 is 4.74 Å². The van der Waals surface area contributed by atoms with E-state index in [1.54, 1.807) is 5.56 Å². The van der Waals surface area contributed by atoms with Crippen LogP contribution in [0.2, 0.25) is 0 Å². The van der Waals surface area contributed by atoms with Crippen molar-refractivity contribution in [1.29, 1.82) is 0 Å². The molecule has 18 heavy (non-hydrogen) atoms. The van der Waals surface area contributed by atoms with Crippen LogP contribution in [0.25, 0.3) is 0 Å². The Morgan fingerprint density at radius 2 is 1.56 bits per heavy atom. The van der Waals surface area contributed by atoms with Crippen LogP contribution in [0.15, 0.2) is 30.3 Å². The van der Waals surface area contributed by atoms with Gasteiger partial charge < -0.3 is 4.74 Å². The lowest BCUT2D eigenvalue weighted by atomic mass is 9.51. The van der Waals surface area contributed by atoms with Gasteiger partial charge >= 0.3 is 0 Å². The largest absolute Gasteiger partial charge is 0.385 e. The number of hydrogen-bond acceptors (Lipinski definition) is 1. The first-order valence-electron chi connectivity index (χ1n) is 7.33. The Labute approximate surface area is 111 Å². The van der Waals surface area contributed by atoms with Gasteiger partial charge in [0.25, 0.3) is 0 Å². The zero-order valence-corrected chi connectivity index (χ0v) is 11.5. The average molecular weight is 244 g/mol. The van der Waals surface area contributed by atoms with Crippen LogP contribution in [-0.4, -0.2) is 13.7 Å². The molecule has 3 saturated carbocycles. The van der Waals surface area contributed by atoms with E-state index in [1.165, 1.54) is 44.9 Å². The van der Waals surface area contributed by atoms with E-state index >= 15 is 0 Å². The highest BCUT2D eigenvalue weighted by Gasteiger charge is 2.48. The van der Waals surface area contributed by atoms with Crippen LogP contribution in [0.4, 0.5) is 0 Å². The number of rotatable bonds is 4. The van der Waals surface area contributed by atoms with Crippen molar-refractivity contribution in [2.75, 3.05) is 13.7 Å². The van der Waals surface area contributed by atoms with Gasteiger partial charge in [0, 0.05) is 13.7 Å². The Bertz CT molecular complexity index is 371. The Balaban J connectivity index is 1.75. The Morgan fingerprint density at radius 1 is 0.944 bits per heavy atom. The van der Waals surface area contributed by atoms with Gasteiger partial charge in [-0.25, -0.2) is 0 Å².